The molecular formula is C38H51N13O7. The molecule has 0 bridgehead atoms. The molecule has 20 heteroatoms. The number of nitrogens with one attached hydrogen (secondary N) is 4. The van der Waals surface area contributed by atoms with E-state index in [9.17, 15) is 29.1 Å². The molecule has 20 nitrogen and oxygen atoms in total. The first-order valence-electron chi connectivity index (χ1n) is 18.7. The van der Waals surface area contributed by atoms with Crippen LogP contribution in [-0.2, 0) is 38.8 Å². The number of anilines is 2. The summed E-state index contributed by atoms with van der Waals surface area (Å²) in [4.78, 5) is 76.7. The molecule has 0 unspecified atom stereocenters. The molecule has 0 spiro atoms. The summed E-state index contributed by atoms with van der Waals surface area (Å²) in [6.45, 7) is 8.69. The number of ether oxygens (including phenoxy) is 1. The van der Waals surface area contributed by atoms with Crippen LogP contribution in [0.1, 0.15) is 58.8 Å². The molecule has 0 saturated heterocycles. The predicted molar refractivity (Wildman–Crippen MR) is 217 cm³/mol. The first-order chi connectivity index (χ1) is 27.5. The SMILES string of the molecule is CCN(Cc1nc2c(N)nc3ccccc3c2n1CC(C)(C)O)C(=O)OCc1ccc(NC(=O)[C@H](CCCNC(N)=O)NC(=O)[C@@H](NC(=O)CN=[N+]=[N-])C(C)C)cc1. The molecule has 9 N–H and O–H groups in total. The Morgan fingerprint density at radius 1 is 1.05 bits per heavy atom. The molecule has 4 aromatic rings. The molecule has 0 aliphatic heterocycles. The van der Waals surface area contributed by atoms with Gasteiger partial charge in [0.1, 0.15) is 36.6 Å². The third-order valence-electron chi connectivity index (χ3n) is 8.94. The highest BCUT2D eigenvalue weighted by Crippen LogP contribution is 2.30. The summed E-state index contributed by atoms with van der Waals surface area (Å²) in [7, 11) is 0. The molecule has 0 aliphatic rings. The molecule has 0 radical (unpaired) electrons. The molecule has 0 fully saturated rings. The molecule has 2 aromatic heterocycles. The quantitative estimate of drug-likeness (QED) is 0.0314. The van der Waals surface area contributed by atoms with E-state index in [1.54, 1.807) is 52.0 Å². The van der Waals surface area contributed by atoms with Crippen molar-refractivity contribution in [3.05, 3.63) is 70.4 Å². The number of fused-ring (bicyclic) bond motifs is 3. The third-order valence-corrected chi connectivity index (χ3v) is 8.94. The van der Waals surface area contributed by atoms with Crippen molar-refractivity contribution in [1.82, 2.24) is 35.4 Å². The number of para-hydroxylation sites is 1. The highest BCUT2D eigenvalue weighted by molar-refractivity contribution is 6.06. The van der Waals surface area contributed by atoms with E-state index in [0.717, 1.165) is 5.39 Å². The molecule has 310 valence electrons. The van der Waals surface area contributed by atoms with E-state index in [1.165, 1.54) is 4.90 Å². The third kappa shape index (κ3) is 12.2. The highest BCUT2D eigenvalue weighted by Gasteiger charge is 2.29. The lowest BCUT2D eigenvalue weighted by molar-refractivity contribution is -0.131. The summed E-state index contributed by atoms with van der Waals surface area (Å²) in [5, 5.41) is 25.2. The second-order valence-corrected chi connectivity index (χ2v) is 14.6. The van der Waals surface area contributed by atoms with Crippen LogP contribution in [0.25, 0.3) is 32.4 Å². The molecule has 58 heavy (non-hydrogen) atoms. The van der Waals surface area contributed by atoms with Gasteiger partial charge in [0.05, 0.1) is 29.7 Å². The number of hydrogen-bond donors (Lipinski definition) is 7. The fourth-order valence-corrected chi connectivity index (χ4v) is 6.11. The van der Waals surface area contributed by atoms with E-state index in [1.807, 2.05) is 35.8 Å². The van der Waals surface area contributed by atoms with Crippen LogP contribution < -0.4 is 32.7 Å². The van der Waals surface area contributed by atoms with Gasteiger partial charge in [0.15, 0.2) is 5.82 Å². The number of aliphatic hydroxyl groups is 1. The Morgan fingerprint density at radius 3 is 2.40 bits per heavy atom. The van der Waals surface area contributed by atoms with Gasteiger partial charge in [0.25, 0.3) is 0 Å². The number of aromatic nitrogens is 3. The van der Waals surface area contributed by atoms with Crippen LogP contribution in [0.3, 0.4) is 0 Å². The molecule has 2 atom stereocenters. The van der Waals surface area contributed by atoms with E-state index in [2.05, 4.69) is 36.3 Å². The number of carbonyl (C=O) groups excluding carboxylic acids is 5. The fraction of sp³-hybridized carbons (Fsp3) is 0.447. The first-order valence-corrected chi connectivity index (χ1v) is 18.7. The number of amides is 6. The van der Waals surface area contributed by atoms with Gasteiger partial charge in [-0.1, -0.05) is 49.3 Å². The molecular weight excluding hydrogens is 751 g/mol. The number of nitrogen functional groups attached to an aromatic ring is 1. The van der Waals surface area contributed by atoms with Crippen molar-refractivity contribution in [2.45, 2.75) is 84.8 Å². The van der Waals surface area contributed by atoms with Gasteiger partial charge in [-0.2, -0.15) is 0 Å². The minimum Gasteiger partial charge on any atom is -0.445 e. The van der Waals surface area contributed by atoms with Crippen molar-refractivity contribution in [3.8, 4) is 0 Å². The summed E-state index contributed by atoms with van der Waals surface area (Å²) in [6.07, 6.45) is -0.196. The lowest BCUT2D eigenvalue weighted by atomic mass is 10.0. The maximum absolute atomic E-state index is 13.4. The van der Waals surface area contributed by atoms with Gasteiger partial charge in [-0.15, -0.1) is 0 Å². The summed E-state index contributed by atoms with van der Waals surface area (Å²) in [5.74, 6) is -1.50. The first kappa shape index (κ1) is 44.1. The summed E-state index contributed by atoms with van der Waals surface area (Å²) in [5.41, 5.74) is 21.7. The van der Waals surface area contributed by atoms with Crippen LogP contribution in [0.4, 0.5) is 21.1 Å². The average molecular weight is 802 g/mol. The zero-order valence-corrected chi connectivity index (χ0v) is 33.2. The lowest BCUT2D eigenvalue weighted by Gasteiger charge is -2.25. The van der Waals surface area contributed by atoms with Crippen LogP contribution in [-0.4, -0.2) is 91.7 Å². The summed E-state index contributed by atoms with van der Waals surface area (Å²) < 4.78 is 7.53. The van der Waals surface area contributed by atoms with Gasteiger partial charge in [-0.3, -0.25) is 14.4 Å². The van der Waals surface area contributed by atoms with E-state index < -0.39 is 54.1 Å². The predicted octanol–water partition coefficient (Wildman–Crippen LogP) is 3.42. The Labute approximate surface area is 334 Å². The topological polar surface area (TPSA) is 298 Å². The number of rotatable bonds is 19. The van der Waals surface area contributed by atoms with Crippen molar-refractivity contribution < 1.29 is 33.8 Å². The van der Waals surface area contributed by atoms with Crippen molar-refractivity contribution in [1.29, 1.82) is 0 Å². The van der Waals surface area contributed by atoms with Crippen LogP contribution in [0, 0.1) is 5.92 Å². The van der Waals surface area contributed by atoms with E-state index >= 15 is 0 Å². The van der Waals surface area contributed by atoms with Crippen molar-refractivity contribution in [3.63, 3.8) is 0 Å². The minimum atomic E-state index is -1.12. The van der Waals surface area contributed by atoms with Gasteiger partial charge in [0, 0.05) is 29.1 Å². The van der Waals surface area contributed by atoms with Gasteiger partial charge in [-0.05, 0) is 68.8 Å². The Morgan fingerprint density at radius 2 is 1.76 bits per heavy atom. The second-order valence-electron chi connectivity index (χ2n) is 14.6. The van der Waals surface area contributed by atoms with Crippen molar-refractivity contribution >= 4 is 63.3 Å². The van der Waals surface area contributed by atoms with Crippen molar-refractivity contribution in [2.75, 3.05) is 30.7 Å². The Bertz CT molecular complexity index is 2160. The molecule has 2 heterocycles. The minimum absolute atomic E-state index is 0.0646. The van der Waals surface area contributed by atoms with Gasteiger partial charge in [-0.25, -0.2) is 19.6 Å². The maximum Gasteiger partial charge on any atom is 0.410 e. The second kappa shape index (κ2) is 20.0. The maximum atomic E-state index is 13.4. The van der Waals surface area contributed by atoms with Crippen LogP contribution in [0.5, 0.6) is 0 Å². The number of carbonyl (C=O) groups is 5. The average Bonchev–Trinajstić information content (AvgIpc) is 3.52. The number of imidazole rings is 1. The summed E-state index contributed by atoms with van der Waals surface area (Å²) in [6, 6.07) is 11.2. The van der Waals surface area contributed by atoms with Gasteiger partial charge in [0.2, 0.25) is 17.7 Å². The van der Waals surface area contributed by atoms with Crippen molar-refractivity contribution in [2.24, 2.45) is 16.8 Å². The Kier molecular flexibility index (Phi) is 15.2. The zero-order valence-electron chi connectivity index (χ0n) is 33.2. The van der Waals surface area contributed by atoms with E-state index in [0.29, 0.717) is 40.2 Å². The number of primary amides is 1. The van der Waals surface area contributed by atoms with Crippen LogP contribution in [0.15, 0.2) is 53.6 Å². The number of azide groups is 1. The summed E-state index contributed by atoms with van der Waals surface area (Å²) >= 11 is 0. The molecule has 6 amide bonds. The number of hydrogen-bond acceptors (Lipinski definition) is 11. The molecule has 0 aliphatic carbocycles. The van der Waals surface area contributed by atoms with E-state index in [4.69, 9.17) is 26.7 Å². The lowest BCUT2D eigenvalue weighted by Crippen LogP contribution is -2.55. The van der Waals surface area contributed by atoms with Crippen LogP contribution >= 0.6 is 0 Å². The Balaban J connectivity index is 1.43. The number of nitrogens with zero attached hydrogens (tertiary/aromatic N) is 7. The van der Waals surface area contributed by atoms with E-state index in [-0.39, 0.29) is 50.8 Å². The normalized spacial score (nSPS) is 12.3. The van der Waals surface area contributed by atoms with Crippen LogP contribution in [0.2, 0.25) is 0 Å². The number of urea groups is 1. The fourth-order valence-electron chi connectivity index (χ4n) is 6.11. The zero-order chi connectivity index (χ0) is 42.6. The smallest absolute Gasteiger partial charge is 0.410 e. The van der Waals surface area contributed by atoms with Gasteiger partial charge >= 0.3 is 12.1 Å². The Hall–Kier alpha value is -6.66. The highest BCUT2D eigenvalue weighted by atomic mass is 16.6. The number of benzene rings is 2. The largest absolute Gasteiger partial charge is 0.445 e. The monoisotopic (exact) mass is 801 g/mol. The molecule has 2 aromatic carbocycles. The molecule has 4 rings (SSSR count). The number of pyridine rings is 1. The standard InChI is InChI=1S/C38H51N13O7/c1-6-50(19-28-47-31-32(51(28)21-38(4,5)57)25-10-7-8-11-26(25)45-33(31)39)37(56)58-20-23-13-15-24(16-14-23)44-34(53)27(12-9-17-42-36(40)55)46-35(54)30(22(2)3)48-29(52)18-43-49-41/h7-8,10-11,13-16,22,27,30,57H,6,9,12,17-21H2,1-5H3,(H2,39,45)(H,44,53)(H,46,54)(H,48,52)(H3,40,42,55)/t27-,30-/m0/s1. The van der Waals surface area contributed by atoms with Gasteiger partial charge < -0.3 is 52.0 Å². The number of nitrogens with two attached hydrogens (primary N) is 2. The molecule has 0 saturated carbocycles.